The number of aliphatic carboxylic acids is 1. The molecule has 1 fully saturated rings. The van der Waals surface area contributed by atoms with Gasteiger partial charge in [-0.15, -0.1) is 0 Å². The molecule has 1 unspecified atom stereocenters. The van der Waals surface area contributed by atoms with E-state index in [1.807, 2.05) is 0 Å². The topological polar surface area (TPSA) is 60.8 Å². The normalized spacial score (nSPS) is 21.5. The minimum Gasteiger partial charge on any atom is -0.481 e. The van der Waals surface area contributed by atoms with Crippen molar-refractivity contribution in [2.24, 2.45) is 5.92 Å². The average molecular weight is 215 g/mol. The summed E-state index contributed by atoms with van der Waals surface area (Å²) in [6, 6.07) is 0. The van der Waals surface area contributed by atoms with Gasteiger partial charge < -0.3 is 15.1 Å². The van der Waals surface area contributed by atoms with E-state index < -0.39 is 5.97 Å². The maximum absolute atomic E-state index is 10.5. The summed E-state index contributed by atoms with van der Waals surface area (Å²) in [5.41, 5.74) is 0. The first kappa shape index (κ1) is 12.5. The number of piperidine rings is 1. The van der Waals surface area contributed by atoms with Crippen molar-refractivity contribution >= 4 is 5.97 Å². The van der Waals surface area contributed by atoms with Crippen LogP contribution in [-0.2, 0) is 4.79 Å². The number of carboxylic acid groups (broad SMARTS) is 1. The third kappa shape index (κ3) is 5.14. The number of hydrogen-bond donors (Lipinski definition) is 2. The van der Waals surface area contributed by atoms with Crippen molar-refractivity contribution in [3.8, 4) is 0 Å². The van der Waals surface area contributed by atoms with Gasteiger partial charge in [0.25, 0.3) is 0 Å². The lowest BCUT2D eigenvalue weighted by atomic mass is 9.93. The maximum atomic E-state index is 10.5. The Labute approximate surface area is 90.9 Å². The smallest absolute Gasteiger partial charge is 0.303 e. The molecule has 0 spiro atoms. The minimum atomic E-state index is -0.683. The second-order valence-corrected chi connectivity index (χ2v) is 4.52. The summed E-state index contributed by atoms with van der Waals surface area (Å²) in [5, 5.41) is 17.8. The van der Waals surface area contributed by atoms with E-state index >= 15 is 0 Å². The summed E-state index contributed by atoms with van der Waals surface area (Å²) >= 11 is 0. The standard InChI is InChI=1S/C11H21NO3/c1-9(13)2-5-12-6-3-10(4-7-12)8-11(14)15/h9-10,13H,2-8H2,1H3,(H,14,15). The van der Waals surface area contributed by atoms with Crippen molar-refractivity contribution in [1.82, 2.24) is 4.90 Å². The Kier molecular flexibility index (Phi) is 5.05. The Balaban J connectivity index is 2.15. The molecule has 1 aliphatic heterocycles. The third-order valence-electron chi connectivity index (χ3n) is 3.03. The first-order valence-corrected chi connectivity index (χ1v) is 5.70. The van der Waals surface area contributed by atoms with Gasteiger partial charge in [-0.25, -0.2) is 0 Å². The van der Waals surface area contributed by atoms with Gasteiger partial charge in [0.1, 0.15) is 0 Å². The van der Waals surface area contributed by atoms with E-state index in [9.17, 15) is 4.79 Å². The van der Waals surface area contributed by atoms with Gasteiger partial charge >= 0.3 is 5.97 Å². The van der Waals surface area contributed by atoms with Crippen molar-refractivity contribution < 1.29 is 15.0 Å². The van der Waals surface area contributed by atoms with Crippen molar-refractivity contribution in [2.45, 2.75) is 38.7 Å². The monoisotopic (exact) mass is 215 g/mol. The van der Waals surface area contributed by atoms with Crippen molar-refractivity contribution in [3.05, 3.63) is 0 Å². The number of carbonyl (C=O) groups is 1. The highest BCUT2D eigenvalue weighted by molar-refractivity contribution is 5.67. The van der Waals surface area contributed by atoms with E-state index in [4.69, 9.17) is 10.2 Å². The van der Waals surface area contributed by atoms with Gasteiger partial charge in [0.05, 0.1) is 6.10 Å². The van der Waals surface area contributed by atoms with E-state index in [1.54, 1.807) is 6.92 Å². The lowest BCUT2D eigenvalue weighted by Crippen LogP contribution is -2.35. The Hall–Kier alpha value is -0.610. The molecule has 0 aromatic carbocycles. The maximum Gasteiger partial charge on any atom is 0.303 e. The first-order valence-electron chi connectivity index (χ1n) is 5.70. The number of hydrogen-bond acceptors (Lipinski definition) is 3. The van der Waals surface area contributed by atoms with Crippen LogP contribution in [0.25, 0.3) is 0 Å². The molecule has 1 heterocycles. The van der Waals surface area contributed by atoms with Crippen LogP contribution in [0.15, 0.2) is 0 Å². The van der Waals surface area contributed by atoms with Gasteiger partial charge in [-0.1, -0.05) is 0 Å². The van der Waals surface area contributed by atoms with E-state index in [0.29, 0.717) is 12.3 Å². The summed E-state index contributed by atoms with van der Waals surface area (Å²) in [6.07, 6.45) is 2.84. The highest BCUT2D eigenvalue weighted by Gasteiger charge is 2.20. The molecule has 0 radical (unpaired) electrons. The number of likely N-dealkylation sites (tertiary alicyclic amines) is 1. The molecule has 88 valence electrons. The lowest BCUT2D eigenvalue weighted by molar-refractivity contribution is -0.138. The quantitative estimate of drug-likeness (QED) is 0.716. The molecule has 0 aromatic heterocycles. The van der Waals surface area contributed by atoms with Crippen LogP contribution in [0.2, 0.25) is 0 Å². The predicted molar refractivity (Wildman–Crippen MR) is 57.7 cm³/mol. The number of nitrogens with zero attached hydrogens (tertiary/aromatic N) is 1. The van der Waals surface area contributed by atoms with Crippen molar-refractivity contribution in [2.75, 3.05) is 19.6 Å². The molecule has 2 N–H and O–H groups in total. The summed E-state index contributed by atoms with van der Waals surface area (Å²) in [6.45, 7) is 4.68. The molecule has 1 saturated heterocycles. The molecule has 0 amide bonds. The summed E-state index contributed by atoms with van der Waals surface area (Å²) in [5.74, 6) is -0.331. The zero-order valence-electron chi connectivity index (χ0n) is 9.35. The van der Waals surface area contributed by atoms with Gasteiger partial charge in [0.15, 0.2) is 0 Å². The zero-order chi connectivity index (χ0) is 11.3. The lowest BCUT2D eigenvalue weighted by Gasteiger charge is -2.31. The van der Waals surface area contributed by atoms with Gasteiger partial charge in [0.2, 0.25) is 0 Å². The second kappa shape index (κ2) is 6.08. The molecule has 0 saturated carbocycles. The fraction of sp³-hybridized carbons (Fsp3) is 0.909. The van der Waals surface area contributed by atoms with Crippen LogP contribution in [0.3, 0.4) is 0 Å². The van der Waals surface area contributed by atoms with Crippen LogP contribution in [0.1, 0.15) is 32.6 Å². The summed E-state index contributed by atoms with van der Waals surface area (Å²) in [4.78, 5) is 12.8. The molecule has 0 aliphatic carbocycles. The van der Waals surface area contributed by atoms with Gasteiger partial charge in [0, 0.05) is 13.0 Å². The SMILES string of the molecule is CC(O)CCN1CCC(CC(=O)O)CC1. The fourth-order valence-corrected chi connectivity index (χ4v) is 2.03. The largest absolute Gasteiger partial charge is 0.481 e. The molecule has 1 atom stereocenters. The zero-order valence-corrected chi connectivity index (χ0v) is 9.35. The predicted octanol–water partition coefficient (Wildman–Crippen LogP) is 0.944. The first-order chi connectivity index (χ1) is 7.08. The van der Waals surface area contributed by atoms with Gasteiger partial charge in [-0.3, -0.25) is 4.79 Å². The van der Waals surface area contributed by atoms with E-state index in [2.05, 4.69) is 4.90 Å². The second-order valence-electron chi connectivity index (χ2n) is 4.52. The van der Waals surface area contributed by atoms with Crippen molar-refractivity contribution in [1.29, 1.82) is 0 Å². The Morgan fingerprint density at radius 1 is 1.47 bits per heavy atom. The van der Waals surface area contributed by atoms with Crippen LogP contribution in [0, 0.1) is 5.92 Å². The molecule has 0 bridgehead atoms. The van der Waals surface area contributed by atoms with E-state index in [-0.39, 0.29) is 6.10 Å². The van der Waals surface area contributed by atoms with Gasteiger partial charge in [-0.05, 0) is 45.2 Å². The minimum absolute atomic E-state index is 0.234. The Bertz CT molecular complexity index is 198. The molecule has 1 rings (SSSR count). The van der Waals surface area contributed by atoms with Crippen LogP contribution >= 0.6 is 0 Å². The van der Waals surface area contributed by atoms with Crippen LogP contribution in [-0.4, -0.2) is 46.8 Å². The molecule has 4 nitrogen and oxygen atoms in total. The third-order valence-corrected chi connectivity index (χ3v) is 3.03. The highest BCUT2D eigenvalue weighted by atomic mass is 16.4. The molecular weight excluding hydrogens is 194 g/mol. The van der Waals surface area contributed by atoms with E-state index in [1.165, 1.54) is 0 Å². The number of rotatable bonds is 5. The van der Waals surface area contributed by atoms with E-state index in [0.717, 1.165) is 38.9 Å². The average Bonchev–Trinajstić information content (AvgIpc) is 2.16. The summed E-state index contributed by atoms with van der Waals surface area (Å²) < 4.78 is 0. The number of aliphatic hydroxyl groups is 1. The molecule has 15 heavy (non-hydrogen) atoms. The Morgan fingerprint density at radius 2 is 2.07 bits per heavy atom. The Morgan fingerprint density at radius 3 is 2.53 bits per heavy atom. The van der Waals surface area contributed by atoms with Crippen LogP contribution in [0.5, 0.6) is 0 Å². The molecule has 0 aromatic rings. The molecular formula is C11H21NO3. The van der Waals surface area contributed by atoms with Crippen LogP contribution < -0.4 is 0 Å². The van der Waals surface area contributed by atoms with Gasteiger partial charge in [-0.2, -0.15) is 0 Å². The van der Waals surface area contributed by atoms with Crippen molar-refractivity contribution in [3.63, 3.8) is 0 Å². The van der Waals surface area contributed by atoms with Crippen LogP contribution in [0.4, 0.5) is 0 Å². The fourth-order valence-electron chi connectivity index (χ4n) is 2.03. The number of carboxylic acids is 1. The molecule has 1 aliphatic rings. The highest BCUT2D eigenvalue weighted by Crippen LogP contribution is 2.20. The molecule has 4 heteroatoms. The summed E-state index contributed by atoms with van der Waals surface area (Å²) in [7, 11) is 0. The number of aliphatic hydroxyl groups excluding tert-OH is 1.